The van der Waals surface area contributed by atoms with Gasteiger partial charge in [0.05, 0.1) is 5.41 Å². The Balaban J connectivity index is 2.26. The third kappa shape index (κ3) is 0.659. The maximum Gasteiger partial charge on any atom is 0.312 e. The SMILES string of the molecule is CC(=O)C1C2C[N]CC21C(=O)O. The number of carboxylic acids is 1. The van der Waals surface area contributed by atoms with Crippen LogP contribution in [0, 0.1) is 17.3 Å². The van der Waals surface area contributed by atoms with E-state index in [1.807, 2.05) is 0 Å². The van der Waals surface area contributed by atoms with Crippen LogP contribution in [0.1, 0.15) is 6.92 Å². The van der Waals surface area contributed by atoms with Gasteiger partial charge in [0, 0.05) is 24.9 Å². The summed E-state index contributed by atoms with van der Waals surface area (Å²) in [5.41, 5.74) is -0.800. The normalized spacial score (nSPS) is 43.8. The van der Waals surface area contributed by atoms with Gasteiger partial charge in [-0.3, -0.25) is 9.59 Å². The summed E-state index contributed by atoms with van der Waals surface area (Å²) >= 11 is 0. The second-order valence-electron chi connectivity index (χ2n) is 3.60. The number of ketones is 1. The van der Waals surface area contributed by atoms with Crippen molar-refractivity contribution < 1.29 is 14.7 Å². The summed E-state index contributed by atoms with van der Waals surface area (Å²) in [6, 6.07) is 0. The summed E-state index contributed by atoms with van der Waals surface area (Å²) in [6.45, 7) is 2.35. The molecule has 0 bridgehead atoms. The smallest absolute Gasteiger partial charge is 0.312 e. The molecular weight excluding hydrogens is 158 g/mol. The van der Waals surface area contributed by atoms with E-state index in [-0.39, 0.29) is 17.6 Å². The zero-order valence-corrected chi connectivity index (χ0v) is 6.78. The molecule has 4 nitrogen and oxygen atoms in total. The molecule has 12 heavy (non-hydrogen) atoms. The molecule has 2 aliphatic rings. The van der Waals surface area contributed by atoms with Crippen molar-refractivity contribution in [1.82, 2.24) is 5.32 Å². The molecule has 1 N–H and O–H groups in total. The lowest BCUT2D eigenvalue weighted by atomic mass is 10.0. The highest BCUT2D eigenvalue weighted by molar-refractivity contribution is 5.94. The van der Waals surface area contributed by atoms with Gasteiger partial charge in [0.25, 0.3) is 0 Å². The number of hydrogen-bond donors (Lipinski definition) is 1. The van der Waals surface area contributed by atoms with Gasteiger partial charge in [0.2, 0.25) is 0 Å². The van der Waals surface area contributed by atoms with Gasteiger partial charge in [-0.15, -0.1) is 0 Å². The Morgan fingerprint density at radius 2 is 2.25 bits per heavy atom. The number of Topliss-reactive ketones (excluding diaryl/α,β-unsaturated/α-hetero) is 1. The third-order valence-corrected chi connectivity index (χ3v) is 3.05. The summed E-state index contributed by atoms with van der Waals surface area (Å²) in [7, 11) is 0. The first-order chi connectivity index (χ1) is 5.60. The minimum atomic E-state index is -0.853. The topological polar surface area (TPSA) is 68.5 Å². The van der Waals surface area contributed by atoms with Crippen molar-refractivity contribution in [3.05, 3.63) is 0 Å². The van der Waals surface area contributed by atoms with Crippen molar-refractivity contribution in [2.24, 2.45) is 17.3 Å². The van der Waals surface area contributed by atoms with Crippen LogP contribution >= 0.6 is 0 Å². The second kappa shape index (κ2) is 2.07. The van der Waals surface area contributed by atoms with Crippen LogP contribution in [0.15, 0.2) is 0 Å². The van der Waals surface area contributed by atoms with Gasteiger partial charge in [-0.2, -0.15) is 0 Å². The van der Waals surface area contributed by atoms with Crippen molar-refractivity contribution in [3.8, 4) is 0 Å². The van der Waals surface area contributed by atoms with Crippen LogP contribution in [0.4, 0.5) is 0 Å². The highest BCUT2D eigenvalue weighted by Crippen LogP contribution is 2.61. The quantitative estimate of drug-likeness (QED) is 0.605. The minimum absolute atomic E-state index is 0.00250. The van der Waals surface area contributed by atoms with E-state index in [1.54, 1.807) is 0 Å². The molecule has 65 valence electrons. The molecule has 2 fully saturated rings. The van der Waals surface area contributed by atoms with Crippen LogP contribution in [-0.4, -0.2) is 29.9 Å². The molecule has 3 atom stereocenters. The predicted octanol–water partition coefficient (Wildman–Crippen LogP) is -0.490. The fourth-order valence-corrected chi connectivity index (χ4v) is 2.40. The fraction of sp³-hybridized carbons (Fsp3) is 0.750. The van der Waals surface area contributed by atoms with E-state index < -0.39 is 11.4 Å². The Bertz CT molecular complexity index is 263. The summed E-state index contributed by atoms with van der Waals surface area (Å²) in [4.78, 5) is 21.9. The van der Waals surface area contributed by atoms with E-state index in [1.165, 1.54) is 6.92 Å². The molecule has 0 aromatic rings. The largest absolute Gasteiger partial charge is 0.481 e. The van der Waals surface area contributed by atoms with Crippen molar-refractivity contribution >= 4 is 11.8 Å². The molecule has 2 rings (SSSR count). The van der Waals surface area contributed by atoms with Crippen molar-refractivity contribution in [2.45, 2.75) is 6.92 Å². The van der Waals surface area contributed by atoms with Crippen molar-refractivity contribution in [1.29, 1.82) is 0 Å². The number of hydrogen-bond acceptors (Lipinski definition) is 2. The zero-order chi connectivity index (χ0) is 8.93. The number of fused-ring (bicyclic) bond motifs is 1. The highest BCUT2D eigenvalue weighted by atomic mass is 16.4. The lowest BCUT2D eigenvalue weighted by Crippen LogP contribution is -2.26. The van der Waals surface area contributed by atoms with E-state index in [4.69, 9.17) is 5.11 Å². The number of rotatable bonds is 2. The van der Waals surface area contributed by atoms with Crippen LogP contribution < -0.4 is 5.32 Å². The average Bonchev–Trinajstić information content (AvgIpc) is 2.44. The van der Waals surface area contributed by atoms with Crippen molar-refractivity contribution in [2.75, 3.05) is 13.1 Å². The first kappa shape index (κ1) is 7.73. The molecule has 1 saturated carbocycles. The number of carbonyl (C=O) groups excluding carboxylic acids is 1. The summed E-state index contributed by atoms with van der Waals surface area (Å²) in [5.74, 6) is -1.12. The fourth-order valence-electron chi connectivity index (χ4n) is 2.40. The van der Waals surface area contributed by atoms with Crippen molar-refractivity contribution in [3.63, 3.8) is 0 Å². The molecule has 1 saturated heterocycles. The molecule has 1 aliphatic carbocycles. The number of piperidine rings is 1. The standard InChI is InChI=1S/C8H10NO3/c1-4(10)6-5-2-9-3-8(5,6)7(11)12/h5-6H,2-3H2,1H3,(H,11,12). The van der Waals surface area contributed by atoms with E-state index >= 15 is 0 Å². The van der Waals surface area contributed by atoms with Crippen LogP contribution in [0.3, 0.4) is 0 Å². The van der Waals surface area contributed by atoms with E-state index in [9.17, 15) is 9.59 Å². The molecule has 0 spiro atoms. The van der Waals surface area contributed by atoms with E-state index in [0.29, 0.717) is 13.1 Å². The van der Waals surface area contributed by atoms with Gasteiger partial charge in [-0.1, -0.05) is 0 Å². The summed E-state index contributed by atoms with van der Waals surface area (Å²) < 4.78 is 0. The lowest BCUT2D eigenvalue weighted by molar-refractivity contribution is -0.144. The van der Waals surface area contributed by atoms with Gasteiger partial charge in [0.15, 0.2) is 0 Å². The molecule has 1 aliphatic heterocycles. The zero-order valence-electron chi connectivity index (χ0n) is 6.78. The van der Waals surface area contributed by atoms with Gasteiger partial charge in [-0.05, 0) is 6.92 Å². The maximum atomic E-state index is 11.0. The van der Waals surface area contributed by atoms with Gasteiger partial charge >= 0.3 is 5.97 Å². The molecule has 4 heteroatoms. The van der Waals surface area contributed by atoms with Crippen LogP contribution in [0.25, 0.3) is 0 Å². The minimum Gasteiger partial charge on any atom is -0.481 e. The molecule has 1 heterocycles. The Kier molecular flexibility index (Phi) is 1.33. The Morgan fingerprint density at radius 3 is 2.58 bits per heavy atom. The number of carboxylic acid groups (broad SMARTS) is 1. The lowest BCUT2D eigenvalue weighted by Gasteiger charge is -2.06. The molecule has 0 aromatic carbocycles. The van der Waals surface area contributed by atoms with Gasteiger partial charge in [0.1, 0.15) is 5.78 Å². The molecule has 3 unspecified atom stereocenters. The summed E-state index contributed by atoms with van der Waals surface area (Å²) in [6.07, 6.45) is 0. The van der Waals surface area contributed by atoms with Crippen LogP contribution in [0.2, 0.25) is 0 Å². The average molecular weight is 168 g/mol. The molecular formula is C8H10NO3. The molecule has 0 aromatic heterocycles. The number of aliphatic carboxylic acids is 1. The summed E-state index contributed by atoms with van der Waals surface area (Å²) in [5, 5.41) is 12.9. The maximum absolute atomic E-state index is 11.0. The Hall–Kier alpha value is -0.900. The first-order valence-corrected chi connectivity index (χ1v) is 3.98. The van der Waals surface area contributed by atoms with Crippen LogP contribution in [-0.2, 0) is 9.59 Å². The van der Waals surface area contributed by atoms with Gasteiger partial charge < -0.3 is 5.11 Å². The molecule has 1 radical (unpaired) electrons. The highest BCUT2D eigenvalue weighted by Gasteiger charge is 2.74. The number of carbonyl (C=O) groups is 2. The first-order valence-electron chi connectivity index (χ1n) is 3.98. The third-order valence-electron chi connectivity index (χ3n) is 3.05. The Labute approximate surface area is 69.9 Å². The predicted molar refractivity (Wildman–Crippen MR) is 39.6 cm³/mol. The van der Waals surface area contributed by atoms with E-state index in [0.717, 1.165) is 0 Å². The van der Waals surface area contributed by atoms with Gasteiger partial charge in [-0.25, -0.2) is 5.32 Å². The van der Waals surface area contributed by atoms with E-state index in [2.05, 4.69) is 5.32 Å². The van der Waals surface area contributed by atoms with Crippen LogP contribution in [0.5, 0.6) is 0 Å². The number of nitrogens with zero attached hydrogens (tertiary/aromatic N) is 1. The monoisotopic (exact) mass is 168 g/mol. The second-order valence-corrected chi connectivity index (χ2v) is 3.60. The molecule has 0 amide bonds. The Morgan fingerprint density at radius 1 is 1.58 bits per heavy atom.